The summed E-state index contributed by atoms with van der Waals surface area (Å²) in [5, 5.41) is 0.957. The summed E-state index contributed by atoms with van der Waals surface area (Å²) >= 11 is 0. The number of ether oxygens (including phenoxy) is 1. The van der Waals surface area contributed by atoms with E-state index in [1.54, 1.807) is 36.3 Å². The van der Waals surface area contributed by atoms with Crippen LogP contribution in [0.15, 0.2) is 53.3 Å². The molecule has 0 bridgehead atoms. The van der Waals surface area contributed by atoms with Crippen molar-refractivity contribution in [2.45, 2.75) is 27.3 Å². The highest BCUT2D eigenvalue weighted by Crippen LogP contribution is 2.18. The minimum Gasteiger partial charge on any atom is -0.497 e. The summed E-state index contributed by atoms with van der Waals surface area (Å²) in [5.74, 6) is 0.794. The minimum atomic E-state index is -0.162. The van der Waals surface area contributed by atoms with Gasteiger partial charge in [0, 0.05) is 23.2 Å². The van der Waals surface area contributed by atoms with E-state index in [4.69, 9.17) is 4.74 Å². The molecule has 0 spiro atoms. The number of rotatable bonds is 6. The first-order valence-corrected chi connectivity index (χ1v) is 9.43. The number of H-pyrrole nitrogens is 1. The molecule has 0 atom stereocenters. The number of carbonyl (C=O) groups is 1. The number of fused-ring (bicyclic) bond motifs is 1. The van der Waals surface area contributed by atoms with E-state index in [0.29, 0.717) is 23.4 Å². The van der Waals surface area contributed by atoms with Gasteiger partial charge in [-0.2, -0.15) is 0 Å². The fraction of sp³-hybridized carbons (Fsp3) is 0.304. The lowest BCUT2D eigenvalue weighted by Crippen LogP contribution is -2.35. The van der Waals surface area contributed by atoms with Gasteiger partial charge in [0.2, 0.25) is 0 Å². The fourth-order valence-corrected chi connectivity index (χ4v) is 3.28. The van der Waals surface area contributed by atoms with Gasteiger partial charge in [-0.3, -0.25) is 9.59 Å². The highest BCUT2D eigenvalue weighted by molar-refractivity contribution is 5.94. The number of benzene rings is 2. The number of methoxy groups -OCH3 is 1. The molecule has 1 aromatic heterocycles. The van der Waals surface area contributed by atoms with Gasteiger partial charge in [0.1, 0.15) is 5.75 Å². The Hall–Kier alpha value is -3.08. The molecular weight excluding hydrogens is 352 g/mol. The van der Waals surface area contributed by atoms with Crippen molar-refractivity contribution in [1.82, 2.24) is 9.88 Å². The van der Waals surface area contributed by atoms with Crippen LogP contribution >= 0.6 is 0 Å². The molecule has 0 saturated carbocycles. The number of carbonyl (C=O) groups excluding carboxylic acids is 1. The van der Waals surface area contributed by atoms with E-state index in [1.165, 1.54) is 0 Å². The molecule has 0 aliphatic carbocycles. The summed E-state index contributed by atoms with van der Waals surface area (Å²) in [7, 11) is 1.58. The highest BCUT2D eigenvalue weighted by atomic mass is 16.5. The van der Waals surface area contributed by atoms with E-state index >= 15 is 0 Å². The maximum absolute atomic E-state index is 13.1. The van der Waals surface area contributed by atoms with E-state index in [1.807, 2.05) is 31.2 Å². The average molecular weight is 378 g/mol. The molecule has 0 unspecified atom stereocenters. The van der Waals surface area contributed by atoms with Crippen molar-refractivity contribution in [1.29, 1.82) is 0 Å². The van der Waals surface area contributed by atoms with Crippen molar-refractivity contribution in [3.63, 3.8) is 0 Å². The van der Waals surface area contributed by atoms with Crippen molar-refractivity contribution in [3.8, 4) is 5.75 Å². The lowest BCUT2D eigenvalue weighted by atomic mass is 10.1. The van der Waals surface area contributed by atoms with Gasteiger partial charge in [0.25, 0.3) is 11.5 Å². The topological polar surface area (TPSA) is 62.4 Å². The zero-order valence-corrected chi connectivity index (χ0v) is 16.8. The molecule has 146 valence electrons. The second-order valence-electron chi connectivity index (χ2n) is 7.53. The van der Waals surface area contributed by atoms with Crippen LogP contribution in [0.1, 0.15) is 35.3 Å². The quantitative estimate of drug-likeness (QED) is 0.701. The summed E-state index contributed by atoms with van der Waals surface area (Å²) in [6.45, 7) is 6.91. The van der Waals surface area contributed by atoms with Gasteiger partial charge in [-0.15, -0.1) is 0 Å². The maximum Gasteiger partial charge on any atom is 0.254 e. The summed E-state index contributed by atoms with van der Waals surface area (Å²) in [5.41, 5.74) is 2.86. The summed E-state index contributed by atoms with van der Waals surface area (Å²) < 4.78 is 5.24. The Morgan fingerprint density at radius 3 is 2.64 bits per heavy atom. The Kier molecular flexibility index (Phi) is 5.83. The molecule has 28 heavy (non-hydrogen) atoms. The van der Waals surface area contributed by atoms with Gasteiger partial charge in [-0.25, -0.2) is 0 Å². The number of hydrogen-bond donors (Lipinski definition) is 1. The largest absolute Gasteiger partial charge is 0.497 e. The van der Waals surface area contributed by atoms with Crippen molar-refractivity contribution in [2.24, 2.45) is 5.92 Å². The first kappa shape index (κ1) is 19.7. The van der Waals surface area contributed by atoms with Gasteiger partial charge in [0.15, 0.2) is 0 Å². The van der Waals surface area contributed by atoms with Crippen LogP contribution < -0.4 is 10.3 Å². The van der Waals surface area contributed by atoms with Gasteiger partial charge >= 0.3 is 0 Å². The van der Waals surface area contributed by atoms with E-state index in [9.17, 15) is 9.59 Å². The molecule has 1 amide bonds. The molecule has 0 aliphatic heterocycles. The van der Waals surface area contributed by atoms with Crippen LogP contribution in [0.3, 0.4) is 0 Å². The second-order valence-corrected chi connectivity index (χ2v) is 7.53. The number of amides is 1. The summed E-state index contributed by atoms with van der Waals surface area (Å²) in [6, 6.07) is 14.9. The molecule has 0 aliphatic rings. The molecule has 0 radical (unpaired) electrons. The lowest BCUT2D eigenvalue weighted by Gasteiger charge is -2.25. The highest BCUT2D eigenvalue weighted by Gasteiger charge is 2.19. The van der Waals surface area contributed by atoms with E-state index in [2.05, 4.69) is 18.8 Å². The van der Waals surface area contributed by atoms with Crippen LogP contribution in [0, 0.1) is 12.8 Å². The lowest BCUT2D eigenvalue weighted by molar-refractivity contribution is 0.0721. The van der Waals surface area contributed by atoms with Crippen LogP contribution in [0.5, 0.6) is 5.75 Å². The van der Waals surface area contributed by atoms with E-state index < -0.39 is 0 Å². The zero-order valence-electron chi connectivity index (χ0n) is 16.8. The van der Waals surface area contributed by atoms with Gasteiger partial charge < -0.3 is 14.6 Å². The number of nitrogens with one attached hydrogen (secondary N) is 1. The maximum atomic E-state index is 13.1. The molecule has 1 heterocycles. The molecule has 5 heteroatoms. The Labute approximate surface area is 165 Å². The zero-order chi connectivity index (χ0) is 20.3. The minimum absolute atomic E-state index is 0.115. The van der Waals surface area contributed by atoms with Gasteiger partial charge in [-0.1, -0.05) is 32.0 Å². The Morgan fingerprint density at radius 2 is 1.93 bits per heavy atom. The molecule has 3 rings (SSSR count). The van der Waals surface area contributed by atoms with E-state index in [-0.39, 0.29) is 23.9 Å². The van der Waals surface area contributed by atoms with Crippen LogP contribution in [0.2, 0.25) is 0 Å². The predicted octanol–water partition coefficient (Wildman–Crippen LogP) is 4.14. The SMILES string of the molecule is COc1cccc(C(=O)N(Cc2cc3ccc(C)cc3[nH]c2=O)CC(C)C)c1. The summed E-state index contributed by atoms with van der Waals surface area (Å²) in [4.78, 5) is 30.4. The second kappa shape index (κ2) is 8.30. The number of hydrogen-bond acceptors (Lipinski definition) is 3. The van der Waals surface area contributed by atoms with Gasteiger partial charge in [-0.05, 0) is 54.1 Å². The molecule has 0 fully saturated rings. The molecule has 0 saturated heterocycles. The number of aryl methyl sites for hydroxylation is 1. The van der Waals surface area contributed by atoms with Crippen LogP contribution in [-0.4, -0.2) is 29.4 Å². The molecule has 2 aromatic carbocycles. The smallest absolute Gasteiger partial charge is 0.254 e. The van der Waals surface area contributed by atoms with Gasteiger partial charge in [0.05, 0.1) is 13.7 Å². The number of aromatic nitrogens is 1. The van der Waals surface area contributed by atoms with Crippen molar-refractivity contribution >= 4 is 16.8 Å². The number of pyridine rings is 1. The Balaban J connectivity index is 1.95. The van der Waals surface area contributed by atoms with E-state index in [0.717, 1.165) is 16.5 Å². The first-order chi connectivity index (χ1) is 13.4. The van der Waals surface area contributed by atoms with Crippen molar-refractivity contribution < 1.29 is 9.53 Å². The average Bonchev–Trinajstić information content (AvgIpc) is 2.67. The predicted molar refractivity (Wildman–Crippen MR) is 112 cm³/mol. The third-order valence-electron chi connectivity index (χ3n) is 4.63. The Bertz CT molecular complexity index is 1050. The molecular formula is C23H26N2O3. The molecule has 5 nitrogen and oxygen atoms in total. The summed E-state index contributed by atoms with van der Waals surface area (Å²) in [6.07, 6.45) is 0. The third-order valence-corrected chi connectivity index (χ3v) is 4.63. The molecule has 1 N–H and O–H groups in total. The third kappa shape index (κ3) is 4.42. The van der Waals surface area contributed by atoms with Crippen molar-refractivity contribution in [2.75, 3.05) is 13.7 Å². The first-order valence-electron chi connectivity index (χ1n) is 9.43. The van der Waals surface area contributed by atoms with Crippen LogP contribution in [0.4, 0.5) is 0 Å². The number of nitrogens with zero attached hydrogens (tertiary/aromatic N) is 1. The fourth-order valence-electron chi connectivity index (χ4n) is 3.28. The molecule has 3 aromatic rings. The van der Waals surface area contributed by atoms with Crippen LogP contribution in [0.25, 0.3) is 10.9 Å². The normalized spacial score (nSPS) is 11.0. The van der Waals surface area contributed by atoms with Crippen molar-refractivity contribution in [3.05, 3.63) is 75.6 Å². The number of aromatic amines is 1. The standard InChI is InChI=1S/C23H26N2O3/c1-15(2)13-25(23(27)18-6-5-7-20(12-18)28-4)14-19-11-17-9-8-16(3)10-21(17)24-22(19)26/h5-12,15H,13-14H2,1-4H3,(H,24,26). The Morgan fingerprint density at radius 1 is 1.14 bits per heavy atom. The monoisotopic (exact) mass is 378 g/mol. The van der Waals surface area contributed by atoms with Crippen LogP contribution in [-0.2, 0) is 6.54 Å².